The van der Waals surface area contributed by atoms with Crippen LogP contribution in [-0.4, -0.2) is 18.0 Å². The first kappa shape index (κ1) is 11.6. The Bertz CT molecular complexity index is 495. The number of phenols is 1. The minimum atomic E-state index is 0.0413. The maximum atomic E-state index is 11.4. The van der Waals surface area contributed by atoms with Crippen LogP contribution in [0.4, 0.5) is 0 Å². The molecule has 0 saturated heterocycles. The van der Waals surface area contributed by atoms with E-state index in [9.17, 15) is 9.90 Å². The van der Waals surface area contributed by atoms with Gasteiger partial charge in [-0.2, -0.15) is 0 Å². The molecule has 1 N–H and O–H groups in total. The van der Waals surface area contributed by atoms with Gasteiger partial charge in [0.15, 0.2) is 0 Å². The fourth-order valence-corrected chi connectivity index (χ4v) is 3.59. The van der Waals surface area contributed by atoms with Crippen LogP contribution >= 0.6 is 0 Å². The van der Waals surface area contributed by atoms with Crippen LogP contribution in [0.3, 0.4) is 0 Å². The first-order chi connectivity index (χ1) is 8.64. The molecule has 1 spiro atoms. The lowest BCUT2D eigenvalue weighted by atomic mass is 9.69. The number of hydrogen-bond donors (Lipinski definition) is 1. The summed E-state index contributed by atoms with van der Waals surface area (Å²) >= 11 is 0. The Morgan fingerprint density at radius 3 is 2.50 bits per heavy atom. The molecule has 3 heteroatoms. The zero-order valence-electron chi connectivity index (χ0n) is 10.7. The zero-order chi connectivity index (χ0) is 12.8. The molecule has 2 aliphatic rings. The van der Waals surface area contributed by atoms with Crippen molar-refractivity contribution in [2.24, 2.45) is 0 Å². The Morgan fingerprint density at radius 1 is 1.17 bits per heavy atom. The van der Waals surface area contributed by atoms with E-state index >= 15 is 0 Å². The number of aromatic hydroxyl groups is 1. The Kier molecular flexibility index (Phi) is 2.58. The molecule has 0 aliphatic heterocycles. The second-order valence-corrected chi connectivity index (χ2v) is 5.50. The average Bonchev–Trinajstić information content (AvgIpc) is 2.73. The fraction of sp³-hybridized carbons (Fsp3) is 0.533. The smallest absolute Gasteiger partial charge is 0.132 e. The second-order valence-electron chi connectivity index (χ2n) is 5.50. The van der Waals surface area contributed by atoms with Gasteiger partial charge in [0, 0.05) is 29.9 Å². The van der Waals surface area contributed by atoms with Crippen molar-refractivity contribution in [1.29, 1.82) is 0 Å². The Balaban J connectivity index is 2.03. The predicted octanol–water partition coefficient (Wildman–Crippen LogP) is 2.73. The quantitative estimate of drug-likeness (QED) is 0.828. The van der Waals surface area contributed by atoms with E-state index < -0.39 is 0 Å². The van der Waals surface area contributed by atoms with Gasteiger partial charge in [0.25, 0.3) is 0 Å². The van der Waals surface area contributed by atoms with E-state index in [0.717, 1.165) is 37.0 Å². The van der Waals surface area contributed by atoms with Gasteiger partial charge in [-0.25, -0.2) is 0 Å². The van der Waals surface area contributed by atoms with Crippen LogP contribution in [0.15, 0.2) is 12.1 Å². The fourth-order valence-electron chi connectivity index (χ4n) is 3.59. The molecule has 0 unspecified atom stereocenters. The van der Waals surface area contributed by atoms with Crippen LogP contribution in [0, 0.1) is 0 Å². The van der Waals surface area contributed by atoms with Gasteiger partial charge in [0.2, 0.25) is 0 Å². The monoisotopic (exact) mass is 246 g/mol. The number of methoxy groups -OCH3 is 1. The van der Waals surface area contributed by atoms with Gasteiger partial charge in [-0.05, 0) is 37.3 Å². The van der Waals surface area contributed by atoms with Crippen molar-refractivity contribution in [3.8, 4) is 11.5 Å². The lowest BCUT2D eigenvalue weighted by Gasteiger charge is -2.34. The molecule has 0 aromatic heterocycles. The molecule has 1 aromatic carbocycles. The van der Waals surface area contributed by atoms with Gasteiger partial charge in [-0.15, -0.1) is 0 Å². The number of benzene rings is 1. The number of fused-ring (bicyclic) bond motifs is 2. The normalized spacial score (nSPS) is 21.1. The van der Waals surface area contributed by atoms with Crippen LogP contribution in [-0.2, 0) is 16.6 Å². The number of phenolic OH excluding ortho intramolecular Hbond substituents is 1. The minimum Gasteiger partial charge on any atom is -0.507 e. The maximum absolute atomic E-state index is 11.4. The van der Waals surface area contributed by atoms with E-state index in [2.05, 4.69) is 0 Å². The highest BCUT2D eigenvalue weighted by Crippen LogP contribution is 2.52. The molecule has 3 nitrogen and oxygen atoms in total. The highest BCUT2D eigenvalue weighted by molar-refractivity contribution is 5.80. The number of carbonyl (C=O) groups excluding carboxylic acids is 1. The average molecular weight is 246 g/mol. The molecule has 1 fully saturated rings. The molecule has 0 atom stereocenters. The molecule has 1 saturated carbocycles. The van der Waals surface area contributed by atoms with Crippen molar-refractivity contribution in [1.82, 2.24) is 0 Å². The topological polar surface area (TPSA) is 46.5 Å². The van der Waals surface area contributed by atoms with Crippen molar-refractivity contribution in [3.05, 3.63) is 23.3 Å². The van der Waals surface area contributed by atoms with Crippen molar-refractivity contribution in [2.75, 3.05) is 7.11 Å². The number of Topliss-reactive ketones (excluding diaryl/α,β-unsaturated/α-hetero) is 1. The first-order valence-electron chi connectivity index (χ1n) is 6.57. The molecule has 18 heavy (non-hydrogen) atoms. The minimum absolute atomic E-state index is 0.0413. The highest BCUT2D eigenvalue weighted by Gasteiger charge is 2.43. The Morgan fingerprint density at radius 2 is 1.83 bits per heavy atom. The summed E-state index contributed by atoms with van der Waals surface area (Å²) in [5.74, 6) is 1.42. The lowest BCUT2D eigenvalue weighted by Crippen LogP contribution is -2.29. The molecule has 0 heterocycles. The van der Waals surface area contributed by atoms with E-state index in [4.69, 9.17) is 4.74 Å². The summed E-state index contributed by atoms with van der Waals surface area (Å²) in [5.41, 5.74) is 2.32. The highest BCUT2D eigenvalue weighted by atomic mass is 16.5. The van der Waals surface area contributed by atoms with Crippen LogP contribution in [0.5, 0.6) is 11.5 Å². The van der Waals surface area contributed by atoms with Crippen LogP contribution in [0.25, 0.3) is 0 Å². The van der Waals surface area contributed by atoms with E-state index in [1.54, 1.807) is 13.2 Å². The number of hydrogen-bond acceptors (Lipinski definition) is 3. The molecule has 2 aliphatic carbocycles. The van der Waals surface area contributed by atoms with E-state index in [-0.39, 0.29) is 5.41 Å². The Labute approximate surface area is 107 Å². The summed E-state index contributed by atoms with van der Waals surface area (Å²) in [6.45, 7) is 0. The molecule has 0 bridgehead atoms. The third-order valence-corrected chi connectivity index (χ3v) is 4.58. The standard InChI is InChI=1S/C15H18O3/c1-18-12-8-10-2-5-15(14(10)13(17)9-12)6-3-11(16)4-7-15/h8-9,17H,2-7H2,1H3. The number of carbonyl (C=O) groups is 1. The van der Waals surface area contributed by atoms with Gasteiger partial charge in [0.05, 0.1) is 7.11 Å². The summed E-state index contributed by atoms with van der Waals surface area (Å²) in [6.07, 6.45) is 5.12. The molecular formula is C15H18O3. The van der Waals surface area contributed by atoms with Gasteiger partial charge >= 0.3 is 0 Å². The summed E-state index contributed by atoms with van der Waals surface area (Å²) < 4.78 is 5.20. The number of rotatable bonds is 1. The van der Waals surface area contributed by atoms with Crippen LogP contribution in [0.1, 0.15) is 43.2 Å². The van der Waals surface area contributed by atoms with E-state index in [1.165, 1.54) is 5.56 Å². The molecule has 96 valence electrons. The summed E-state index contributed by atoms with van der Waals surface area (Å²) in [4.78, 5) is 11.4. The lowest BCUT2D eigenvalue weighted by molar-refractivity contribution is -0.121. The van der Waals surface area contributed by atoms with Crippen molar-refractivity contribution < 1.29 is 14.6 Å². The summed E-state index contributed by atoms with van der Waals surface area (Å²) in [7, 11) is 1.62. The molecule has 1 aromatic rings. The number of aryl methyl sites for hydroxylation is 1. The summed E-state index contributed by atoms with van der Waals surface area (Å²) in [6, 6.07) is 3.72. The van der Waals surface area contributed by atoms with E-state index in [1.807, 2.05) is 6.07 Å². The summed E-state index contributed by atoms with van der Waals surface area (Å²) in [5, 5.41) is 10.3. The van der Waals surface area contributed by atoms with Gasteiger partial charge in [-0.3, -0.25) is 4.79 Å². The largest absolute Gasteiger partial charge is 0.507 e. The van der Waals surface area contributed by atoms with Gasteiger partial charge < -0.3 is 9.84 Å². The molecule has 0 radical (unpaired) electrons. The van der Waals surface area contributed by atoms with Crippen molar-refractivity contribution in [3.63, 3.8) is 0 Å². The molecular weight excluding hydrogens is 228 g/mol. The molecule has 0 amide bonds. The van der Waals surface area contributed by atoms with Crippen LogP contribution < -0.4 is 4.74 Å². The Hall–Kier alpha value is -1.51. The zero-order valence-corrected chi connectivity index (χ0v) is 10.7. The maximum Gasteiger partial charge on any atom is 0.132 e. The first-order valence-corrected chi connectivity index (χ1v) is 6.57. The SMILES string of the molecule is COc1cc(O)c2c(c1)CCC21CCC(=O)CC1. The van der Waals surface area contributed by atoms with Crippen LogP contribution in [0.2, 0.25) is 0 Å². The number of ether oxygens (including phenoxy) is 1. The predicted molar refractivity (Wildman–Crippen MR) is 68.1 cm³/mol. The van der Waals surface area contributed by atoms with Crippen molar-refractivity contribution in [2.45, 2.75) is 43.9 Å². The third-order valence-electron chi connectivity index (χ3n) is 4.58. The van der Waals surface area contributed by atoms with Gasteiger partial charge in [0.1, 0.15) is 17.3 Å². The number of ketones is 1. The third kappa shape index (κ3) is 1.61. The molecule has 3 rings (SSSR count). The second kappa shape index (κ2) is 4.01. The van der Waals surface area contributed by atoms with Gasteiger partial charge in [-0.1, -0.05) is 0 Å². The van der Waals surface area contributed by atoms with E-state index in [0.29, 0.717) is 24.4 Å². The van der Waals surface area contributed by atoms with Crippen molar-refractivity contribution >= 4 is 5.78 Å².